The van der Waals surface area contributed by atoms with Crippen molar-refractivity contribution in [3.8, 4) is 0 Å². The van der Waals surface area contributed by atoms with Crippen molar-refractivity contribution in [2.45, 2.75) is 64.5 Å². The largest absolute Gasteiger partial charge is 0.480 e. The van der Waals surface area contributed by atoms with Gasteiger partial charge in [-0.1, -0.05) is 6.42 Å². The predicted molar refractivity (Wildman–Crippen MR) is 76.5 cm³/mol. The first-order valence-corrected chi connectivity index (χ1v) is 7.70. The zero-order valence-corrected chi connectivity index (χ0v) is 12.6. The Morgan fingerprint density at radius 1 is 1.19 bits per heavy atom. The number of amides is 2. The maximum Gasteiger partial charge on any atom is 0.319 e. The van der Waals surface area contributed by atoms with E-state index in [0.717, 1.165) is 19.3 Å². The number of rotatable bonds is 5. The second kappa shape index (κ2) is 6.03. The molecule has 2 amide bonds. The molecule has 21 heavy (non-hydrogen) atoms. The molecule has 0 aromatic rings. The Balaban J connectivity index is 1.88. The van der Waals surface area contributed by atoms with E-state index in [1.165, 1.54) is 0 Å². The summed E-state index contributed by atoms with van der Waals surface area (Å²) in [5.41, 5.74) is -1.20. The van der Waals surface area contributed by atoms with Crippen LogP contribution in [-0.2, 0) is 14.4 Å². The van der Waals surface area contributed by atoms with Crippen LogP contribution in [0.15, 0.2) is 0 Å². The fourth-order valence-corrected chi connectivity index (χ4v) is 2.95. The molecule has 0 heterocycles. The average molecular weight is 296 g/mol. The van der Waals surface area contributed by atoms with E-state index < -0.39 is 11.4 Å². The topological polar surface area (TPSA) is 95.5 Å². The molecule has 0 aliphatic heterocycles. The number of carboxylic acid groups (broad SMARTS) is 1. The van der Waals surface area contributed by atoms with Crippen molar-refractivity contribution in [2.75, 3.05) is 0 Å². The van der Waals surface area contributed by atoms with Gasteiger partial charge in [0.15, 0.2) is 0 Å². The zero-order valence-electron chi connectivity index (χ0n) is 12.6. The van der Waals surface area contributed by atoms with E-state index in [9.17, 15) is 14.4 Å². The van der Waals surface area contributed by atoms with E-state index in [2.05, 4.69) is 10.6 Å². The van der Waals surface area contributed by atoms with Gasteiger partial charge in [0, 0.05) is 18.0 Å². The maximum absolute atomic E-state index is 12.1. The lowest BCUT2D eigenvalue weighted by molar-refractivity contribution is -0.149. The lowest BCUT2D eigenvalue weighted by Crippen LogP contribution is -2.47. The lowest BCUT2D eigenvalue weighted by atomic mass is 9.84. The van der Waals surface area contributed by atoms with Gasteiger partial charge in [0.1, 0.15) is 5.41 Å². The third-order valence-corrected chi connectivity index (χ3v) is 4.41. The van der Waals surface area contributed by atoms with Crippen molar-refractivity contribution in [3.05, 3.63) is 0 Å². The molecule has 0 aromatic heterocycles. The molecule has 0 saturated heterocycles. The summed E-state index contributed by atoms with van der Waals surface area (Å²) < 4.78 is 0. The van der Waals surface area contributed by atoms with E-state index >= 15 is 0 Å². The Morgan fingerprint density at radius 2 is 1.86 bits per heavy atom. The van der Waals surface area contributed by atoms with Gasteiger partial charge in [0.25, 0.3) is 0 Å². The number of hydrogen-bond donors (Lipinski definition) is 3. The highest BCUT2D eigenvalue weighted by Gasteiger charge is 2.57. The third-order valence-electron chi connectivity index (χ3n) is 4.41. The second-order valence-corrected chi connectivity index (χ2v) is 6.58. The van der Waals surface area contributed by atoms with Crippen LogP contribution in [0.1, 0.15) is 52.4 Å². The minimum absolute atomic E-state index is 0.0309. The Hall–Kier alpha value is -1.59. The highest BCUT2D eigenvalue weighted by Crippen LogP contribution is 2.46. The number of carbonyl (C=O) groups excluding carboxylic acids is 2. The van der Waals surface area contributed by atoms with Crippen LogP contribution in [-0.4, -0.2) is 35.0 Å². The molecule has 0 unspecified atom stereocenters. The summed E-state index contributed by atoms with van der Waals surface area (Å²) in [4.78, 5) is 35.3. The summed E-state index contributed by atoms with van der Waals surface area (Å²) in [6, 6.07) is 0.0141. The summed E-state index contributed by atoms with van der Waals surface area (Å²) in [5.74, 6) is -1.48. The minimum Gasteiger partial charge on any atom is -0.480 e. The van der Waals surface area contributed by atoms with Crippen LogP contribution >= 0.6 is 0 Å². The number of aliphatic carboxylic acids is 1. The monoisotopic (exact) mass is 296 g/mol. The highest BCUT2D eigenvalue weighted by molar-refractivity contribution is 6.04. The first-order chi connectivity index (χ1) is 9.85. The molecule has 3 N–H and O–H groups in total. The Bertz CT molecular complexity index is 443. The van der Waals surface area contributed by atoms with Crippen molar-refractivity contribution >= 4 is 17.8 Å². The van der Waals surface area contributed by atoms with Crippen LogP contribution in [0, 0.1) is 11.3 Å². The standard InChI is InChI=1S/C15H24N2O4/c1-9(2)16-12(18)10-4-3-5-11(8-10)17-13(19)15(6-7-15)14(20)21/h9-11H,3-8H2,1-2H3,(H,16,18)(H,17,19)(H,20,21)/t10-,11-/m1/s1. The Morgan fingerprint density at radius 3 is 2.38 bits per heavy atom. The Kier molecular flexibility index (Phi) is 4.54. The summed E-state index contributed by atoms with van der Waals surface area (Å²) >= 11 is 0. The molecule has 6 heteroatoms. The summed E-state index contributed by atoms with van der Waals surface area (Å²) in [7, 11) is 0. The van der Waals surface area contributed by atoms with E-state index in [4.69, 9.17) is 5.11 Å². The normalized spacial score (nSPS) is 27.0. The van der Waals surface area contributed by atoms with Gasteiger partial charge in [-0.25, -0.2) is 0 Å². The quantitative estimate of drug-likeness (QED) is 0.661. The molecule has 0 radical (unpaired) electrons. The molecule has 6 nitrogen and oxygen atoms in total. The van der Waals surface area contributed by atoms with E-state index in [0.29, 0.717) is 19.3 Å². The van der Waals surface area contributed by atoms with E-state index in [1.807, 2.05) is 13.8 Å². The molecule has 2 aliphatic carbocycles. The van der Waals surface area contributed by atoms with Gasteiger partial charge in [-0.3, -0.25) is 14.4 Å². The van der Waals surface area contributed by atoms with Gasteiger partial charge >= 0.3 is 5.97 Å². The summed E-state index contributed by atoms with van der Waals surface area (Å²) in [6.45, 7) is 3.84. The average Bonchev–Trinajstić information content (AvgIpc) is 3.19. The van der Waals surface area contributed by atoms with Gasteiger partial charge < -0.3 is 15.7 Å². The fraction of sp³-hybridized carbons (Fsp3) is 0.800. The first kappa shape index (κ1) is 15.8. The van der Waals surface area contributed by atoms with Crippen LogP contribution in [0.25, 0.3) is 0 Å². The fourth-order valence-electron chi connectivity index (χ4n) is 2.95. The SMILES string of the molecule is CC(C)NC(=O)[C@@H]1CCC[C@@H](NC(=O)C2(C(=O)O)CC2)C1. The summed E-state index contributed by atoms with van der Waals surface area (Å²) in [6.07, 6.45) is 3.94. The number of carboxylic acids is 1. The molecular weight excluding hydrogens is 272 g/mol. The van der Waals surface area contributed by atoms with Crippen molar-refractivity contribution in [1.29, 1.82) is 0 Å². The van der Waals surface area contributed by atoms with E-state index in [1.54, 1.807) is 0 Å². The molecule has 118 valence electrons. The zero-order chi connectivity index (χ0) is 15.6. The van der Waals surface area contributed by atoms with Crippen molar-refractivity contribution < 1.29 is 19.5 Å². The molecule has 2 fully saturated rings. The van der Waals surface area contributed by atoms with Crippen LogP contribution in [0.2, 0.25) is 0 Å². The minimum atomic E-state index is -1.20. The van der Waals surface area contributed by atoms with Crippen LogP contribution in [0.4, 0.5) is 0 Å². The highest BCUT2D eigenvalue weighted by atomic mass is 16.4. The maximum atomic E-state index is 12.1. The van der Waals surface area contributed by atoms with Gasteiger partial charge in [-0.2, -0.15) is 0 Å². The molecular formula is C15H24N2O4. The molecule has 2 rings (SSSR count). The van der Waals surface area contributed by atoms with Gasteiger partial charge in [-0.05, 0) is 46.0 Å². The molecule has 2 atom stereocenters. The predicted octanol–water partition coefficient (Wildman–Crippen LogP) is 1.05. The molecule has 2 saturated carbocycles. The van der Waals surface area contributed by atoms with Crippen molar-refractivity contribution in [2.24, 2.45) is 11.3 Å². The van der Waals surface area contributed by atoms with E-state index in [-0.39, 0.29) is 29.8 Å². The van der Waals surface area contributed by atoms with Crippen LogP contribution in [0.5, 0.6) is 0 Å². The molecule has 0 bridgehead atoms. The number of nitrogens with one attached hydrogen (secondary N) is 2. The molecule has 2 aliphatic rings. The van der Waals surface area contributed by atoms with Crippen molar-refractivity contribution in [3.63, 3.8) is 0 Å². The smallest absolute Gasteiger partial charge is 0.319 e. The number of hydrogen-bond acceptors (Lipinski definition) is 3. The first-order valence-electron chi connectivity index (χ1n) is 7.70. The molecule has 0 aromatic carbocycles. The van der Waals surface area contributed by atoms with Crippen molar-refractivity contribution in [1.82, 2.24) is 10.6 Å². The Labute approximate surface area is 124 Å². The van der Waals surface area contributed by atoms with Gasteiger partial charge in [-0.15, -0.1) is 0 Å². The molecule has 0 spiro atoms. The van der Waals surface area contributed by atoms with Gasteiger partial charge in [0.05, 0.1) is 0 Å². The van der Waals surface area contributed by atoms with Gasteiger partial charge in [0.2, 0.25) is 11.8 Å². The van der Waals surface area contributed by atoms with Crippen LogP contribution < -0.4 is 10.6 Å². The third kappa shape index (κ3) is 3.54. The second-order valence-electron chi connectivity index (χ2n) is 6.58. The lowest BCUT2D eigenvalue weighted by Gasteiger charge is -2.30. The summed E-state index contributed by atoms with van der Waals surface area (Å²) in [5, 5.41) is 14.9. The number of carbonyl (C=O) groups is 3. The van der Waals surface area contributed by atoms with Crippen LogP contribution in [0.3, 0.4) is 0 Å².